The van der Waals surface area contributed by atoms with Crippen molar-refractivity contribution in [3.8, 4) is 5.75 Å². The largest absolute Gasteiger partial charge is 0.492 e. The summed E-state index contributed by atoms with van der Waals surface area (Å²) < 4.78 is 10.6. The molecule has 0 unspecified atom stereocenters. The summed E-state index contributed by atoms with van der Waals surface area (Å²) in [4.78, 5) is 13.9. The summed E-state index contributed by atoms with van der Waals surface area (Å²) in [6.45, 7) is 9.65. The van der Waals surface area contributed by atoms with Gasteiger partial charge in [-0.25, -0.2) is 4.79 Å². The fourth-order valence-corrected chi connectivity index (χ4v) is 1.80. The molecule has 0 atom stereocenters. The summed E-state index contributed by atoms with van der Waals surface area (Å²) >= 11 is 0. The van der Waals surface area contributed by atoms with Crippen molar-refractivity contribution in [2.75, 3.05) is 38.2 Å². The van der Waals surface area contributed by atoms with Gasteiger partial charge in [-0.3, -0.25) is 5.32 Å². The standard InChI is InChI=1S/C15H24N2O3/c1-4-17(5-2)11-12-20-15(18)16-13-9-7-8-10-14(13)19-6-3/h7-10H,4-6,11-12H2,1-3H3,(H,16,18). The molecule has 112 valence electrons. The fraction of sp³-hybridized carbons (Fsp3) is 0.533. The minimum absolute atomic E-state index is 0.379. The summed E-state index contributed by atoms with van der Waals surface area (Å²) in [5.41, 5.74) is 0.627. The molecular formula is C15H24N2O3. The molecule has 0 aromatic heterocycles. The van der Waals surface area contributed by atoms with Crippen LogP contribution < -0.4 is 10.1 Å². The van der Waals surface area contributed by atoms with Crippen molar-refractivity contribution >= 4 is 11.8 Å². The highest BCUT2D eigenvalue weighted by Crippen LogP contribution is 2.23. The van der Waals surface area contributed by atoms with Crippen molar-refractivity contribution in [3.63, 3.8) is 0 Å². The van der Waals surface area contributed by atoms with Gasteiger partial charge in [0.25, 0.3) is 0 Å². The zero-order chi connectivity index (χ0) is 14.8. The van der Waals surface area contributed by atoms with Gasteiger partial charge in [-0.1, -0.05) is 26.0 Å². The second kappa shape index (κ2) is 9.20. The number of nitrogens with one attached hydrogen (secondary N) is 1. The highest BCUT2D eigenvalue weighted by Gasteiger charge is 2.08. The first-order valence-corrected chi connectivity index (χ1v) is 7.09. The number of ether oxygens (including phenoxy) is 2. The number of carbonyl (C=O) groups excluding carboxylic acids is 1. The van der Waals surface area contributed by atoms with Gasteiger partial charge in [-0.15, -0.1) is 0 Å². The lowest BCUT2D eigenvalue weighted by molar-refractivity contribution is 0.142. The van der Waals surface area contributed by atoms with Crippen LogP contribution in [-0.2, 0) is 4.74 Å². The molecule has 0 aliphatic carbocycles. The summed E-state index contributed by atoms with van der Waals surface area (Å²) in [7, 11) is 0. The Bertz CT molecular complexity index is 406. The maximum atomic E-state index is 11.7. The number of rotatable bonds is 8. The zero-order valence-electron chi connectivity index (χ0n) is 12.5. The molecule has 1 amide bonds. The van der Waals surface area contributed by atoms with Gasteiger partial charge >= 0.3 is 6.09 Å². The quantitative estimate of drug-likeness (QED) is 0.795. The van der Waals surface area contributed by atoms with Gasteiger partial charge in [0.1, 0.15) is 12.4 Å². The molecule has 0 spiro atoms. The molecule has 1 aromatic rings. The summed E-state index contributed by atoms with van der Waals surface area (Å²) in [5, 5.41) is 2.70. The lowest BCUT2D eigenvalue weighted by Crippen LogP contribution is -2.28. The number of hydrogen-bond acceptors (Lipinski definition) is 4. The first-order valence-electron chi connectivity index (χ1n) is 7.09. The first kappa shape index (κ1) is 16.3. The van der Waals surface area contributed by atoms with Gasteiger partial charge < -0.3 is 14.4 Å². The van der Waals surface area contributed by atoms with Gasteiger partial charge in [0.2, 0.25) is 0 Å². The molecule has 1 N–H and O–H groups in total. The Hall–Kier alpha value is -1.75. The number of anilines is 1. The smallest absolute Gasteiger partial charge is 0.411 e. The SMILES string of the molecule is CCOc1ccccc1NC(=O)OCCN(CC)CC. The second-order valence-corrected chi connectivity index (χ2v) is 4.22. The molecule has 0 fully saturated rings. The minimum atomic E-state index is -0.454. The number of hydrogen-bond donors (Lipinski definition) is 1. The molecule has 0 saturated heterocycles. The highest BCUT2D eigenvalue weighted by atomic mass is 16.5. The van der Waals surface area contributed by atoms with Crippen molar-refractivity contribution in [3.05, 3.63) is 24.3 Å². The van der Waals surface area contributed by atoms with E-state index in [0.717, 1.165) is 19.6 Å². The van der Waals surface area contributed by atoms with Crippen molar-refractivity contribution < 1.29 is 14.3 Å². The monoisotopic (exact) mass is 280 g/mol. The first-order chi connectivity index (χ1) is 9.71. The molecule has 0 heterocycles. The van der Waals surface area contributed by atoms with E-state index in [9.17, 15) is 4.79 Å². The molecule has 0 aliphatic rings. The van der Waals surface area contributed by atoms with E-state index in [1.807, 2.05) is 25.1 Å². The predicted molar refractivity (Wildman–Crippen MR) is 80.4 cm³/mol. The average molecular weight is 280 g/mol. The van der Waals surface area contributed by atoms with Crippen molar-refractivity contribution in [1.29, 1.82) is 0 Å². The third kappa shape index (κ3) is 5.48. The van der Waals surface area contributed by atoms with E-state index in [1.54, 1.807) is 6.07 Å². The average Bonchev–Trinajstić information content (AvgIpc) is 2.46. The van der Waals surface area contributed by atoms with Gasteiger partial charge in [-0.2, -0.15) is 0 Å². The maximum absolute atomic E-state index is 11.7. The van der Waals surface area contributed by atoms with Gasteiger partial charge in [0.05, 0.1) is 12.3 Å². The Balaban J connectivity index is 2.42. The molecule has 1 aromatic carbocycles. The number of para-hydroxylation sites is 2. The molecular weight excluding hydrogens is 256 g/mol. The Kier molecular flexibility index (Phi) is 7.50. The van der Waals surface area contributed by atoms with E-state index in [2.05, 4.69) is 24.1 Å². The van der Waals surface area contributed by atoms with Crippen LogP contribution in [0.1, 0.15) is 20.8 Å². The molecule has 0 radical (unpaired) electrons. The Morgan fingerprint density at radius 2 is 1.90 bits per heavy atom. The Labute approximate surface area is 120 Å². The fourth-order valence-electron chi connectivity index (χ4n) is 1.80. The molecule has 5 heteroatoms. The molecule has 5 nitrogen and oxygen atoms in total. The maximum Gasteiger partial charge on any atom is 0.411 e. The van der Waals surface area contributed by atoms with E-state index in [1.165, 1.54) is 0 Å². The third-order valence-electron chi connectivity index (χ3n) is 2.96. The number of benzene rings is 1. The van der Waals surface area contributed by atoms with Crippen LogP contribution in [0.15, 0.2) is 24.3 Å². The lowest BCUT2D eigenvalue weighted by Gasteiger charge is -2.17. The van der Waals surface area contributed by atoms with E-state index >= 15 is 0 Å². The lowest BCUT2D eigenvalue weighted by atomic mass is 10.3. The second-order valence-electron chi connectivity index (χ2n) is 4.22. The Morgan fingerprint density at radius 1 is 1.20 bits per heavy atom. The van der Waals surface area contributed by atoms with E-state index in [0.29, 0.717) is 24.7 Å². The Morgan fingerprint density at radius 3 is 2.55 bits per heavy atom. The van der Waals surface area contributed by atoms with Crippen LogP contribution >= 0.6 is 0 Å². The van der Waals surface area contributed by atoms with Gasteiger partial charge in [-0.05, 0) is 32.1 Å². The zero-order valence-corrected chi connectivity index (χ0v) is 12.5. The predicted octanol–water partition coefficient (Wildman–Crippen LogP) is 2.98. The summed E-state index contributed by atoms with van der Waals surface area (Å²) in [6, 6.07) is 7.31. The molecule has 0 bridgehead atoms. The molecule has 1 rings (SSSR count). The summed E-state index contributed by atoms with van der Waals surface area (Å²) in [5.74, 6) is 0.649. The van der Waals surface area contributed by atoms with E-state index in [-0.39, 0.29) is 0 Å². The molecule has 0 saturated carbocycles. The van der Waals surface area contributed by atoms with Crippen molar-refractivity contribution in [2.45, 2.75) is 20.8 Å². The minimum Gasteiger partial charge on any atom is -0.492 e. The van der Waals surface area contributed by atoms with Crippen LogP contribution in [0.5, 0.6) is 5.75 Å². The van der Waals surface area contributed by atoms with Gasteiger partial charge in [0.15, 0.2) is 0 Å². The van der Waals surface area contributed by atoms with Crippen LogP contribution in [0.25, 0.3) is 0 Å². The molecule has 0 aliphatic heterocycles. The van der Waals surface area contributed by atoms with Crippen LogP contribution in [-0.4, -0.2) is 43.8 Å². The topological polar surface area (TPSA) is 50.8 Å². The van der Waals surface area contributed by atoms with Crippen LogP contribution in [0.2, 0.25) is 0 Å². The number of nitrogens with zero attached hydrogens (tertiary/aromatic N) is 1. The van der Waals surface area contributed by atoms with Crippen LogP contribution in [0.4, 0.5) is 10.5 Å². The van der Waals surface area contributed by atoms with E-state index in [4.69, 9.17) is 9.47 Å². The van der Waals surface area contributed by atoms with Gasteiger partial charge in [0, 0.05) is 6.54 Å². The van der Waals surface area contributed by atoms with Crippen molar-refractivity contribution in [1.82, 2.24) is 4.90 Å². The normalized spacial score (nSPS) is 10.4. The van der Waals surface area contributed by atoms with Crippen molar-refractivity contribution in [2.24, 2.45) is 0 Å². The summed E-state index contributed by atoms with van der Waals surface area (Å²) in [6.07, 6.45) is -0.454. The van der Waals surface area contributed by atoms with Crippen LogP contribution in [0.3, 0.4) is 0 Å². The van der Waals surface area contributed by atoms with Crippen LogP contribution in [0, 0.1) is 0 Å². The number of likely N-dealkylation sites (N-methyl/N-ethyl adjacent to an activating group) is 1. The molecule has 20 heavy (non-hydrogen) atoms. The third-order valence-corrected chi connectivity index (χ3v) is 2.96. The van der Waals surface area contributed by atoms with E-state index < -0.39 is 6.09 Å². The highest BCUT2D eigenvalue weighted by molar-refractivity contribution is 5.86. The number of amides is 1. The number of carbonyl (C=O) groups is 1.